The highest BCUT2D eigenvalue weighted by Crippen LogP contribution is 2.26. The molecule has 1 aromatic rings. The number of nitrogens with one attached hydrogen (secondary N) is 2. The van der Waals surface area contributed by atoms with Crippen LogP contribution in [0.5, 0.6) is 5.75 Å². The molecule has 0 spiro atoms. The first kappa shape index (κ1) is 13.9. The SMILES string of the molecule is CC(C)Oc1ccccc1C(C)NC(=O)C1CNC1. The lowest BCUT2D eigenvalue weighted by Crippen LogP contribution is -2.51. The average Bonchev–Trinajstić information content (AvgIpc) is 2.26. The highest BCUT2D eigenvalue weighted by atomic mass is 16.5. The van der Waals surface area contributed by atoms with Crippen molar-refractivity contribution in [3.05, 3.63) is 29.8 Å². The third kappa shape index (κ3) is 3.47. The van der Waals surface area contributed by atoms with Gasteiger partial charge in [-0.1, -0.05) is 18.2 Å². The van der Waals surface area contributed by atoms with Crippen LogP contribution in [0, 0.1) is 5.92 Å². The Morgan fingerprint density at radius 2 is 2.00 bits per heavy atom. The van der Waals surface area contributed by atoms with Crippen LogP contribution in [0.15, 0.2) is 24.3 Å². The molecule has 2 N–H and O–H groups in total. The quantitative estimate of drug-likeness (QED) is 0.851. The van der Waals surface area contributed by atoms with Crippen LogP contribution >= 0.6 is 0 Å². The van der Waals surface area contributed by atoms with E-state index < -0.39 is 0 Å². The van der Waals surface area contributed by atoms with Crippen molar-refractivity contribution in [3.8, 4) is 5.75 Å². The van der Waals surface area contributed by atoms with Crippen molar-refractivity contribution in [2.45, 2.75) is 32.9 Å². The Morgan fingerprint density at radius 1 is 1.32 bits per heavy atom. The summed E-state index contributed by atoms with van der Waals surface area (Å²) in [6.45, 7) is 7.55. The minimum absolute atomic E-state index is 0.0388. The fourth-order valence-corrected chi connectivity index (χ4v) is 2.08. The van der Waals surface area contributed by atoms with Crippen LogP contribution in [0.1, 0.15) is 32.4 Å². The topological polar surface area (TPSA) is 50.4 Å². The summed E-state index contributed by atoms with van der Waals surface area (Å²) in [4.78, 5) is 12.0. The van der Waals surface area contributed by atoms with Gasteiger partial charge in [0.05, 0.1) is 18.1 Å². The van der Waals surface area contributed by atoms with E-state index in [0.717, 1.165) is 24.4 Å². The van der Waals surface area contributed by atoms with Gasteiger partial charge in [0.15, 0.2) is 0 Å². The molecule has 1 aromatic carbocycles. The summed E-state index contributed by atoms with van der Waals surface area (Å²) in [5, 5.41) is 6.16. The predicted molar refractivity (Wildman–Crippen MR) is 75.1 cm³/mol. The van der Waals surface area contributed by atoms with Crippen molar-refractivity contribution in [1.82, 2.24) is 10.6 Å². The van der Waals surface area contributed by atoms with E-state index in [0.29, 0.717) is 0 Å². The molecule has 1 unspecified atom stereocenters. The molecule has 104 valence electrons. The van der Waals surface area contributed by atoms with Gasteiger partial charge in [-0.05, 0) is 26.8 Å². The van der Waals surface area contributed by atoms with E-state index in [-0.39, 0.29) is 24.0 Å². The highest BCUT2D eigenvalue weighted by Gasteiger charge is 2.26. The summed E-state index contributed by atoms with van der Waals surface area (Å²) < 4.78 is 5.79. The number of carbonyl (C=O) groups excluding carboxylic acids is 1. The number of carbonyl (C=O) groups is 1. The van der Waals surface area contributed by atoms with Crippen molar-refractivity contribution in [2.75, 3.05) is 13.1 Å². The van der Waals surface area contributed by atoms with Crippen molar-refractivity contribution in [3.63, 3.8) is 0 Å². The maximum absolute atomic E-state index is 12.0. The van der Waals surface area contributed by atoms with Gasteiger partial charge >= 0.3 is 0 Å². The third-order valence-corrected chi connectivity index (χ3v) is 3.26. The number of ether oxygens (including phenoxy) is 1. The van der Waals surface area contributed by atoms with Gasteiger partial charge in [0, 0.05) is 18.7 Å². The van der Waals surface area contributed by atoms with Crippen molar-refractivity contribution in [2.24, 2.45) is 5.92 Å². The van der Waals surface area contributed by atoms with Crippen LogP contribution in [0.25, 0.3) is 0 Å². The number of rotatable bonds is 5. The summed E-state index contributed by atoms with van der Waals surface area (Å²) in [6, 6.07) is 7.83. The number of benzene rings is 1. The first-order chi connectivity index (χ1) is 9.08. The molecular weight excluding hydrogens is 240 g/mol. The maximum Gasteiger partial charge on any atom is 0.226 e. The lowest BCUT2D eigenvalue weighted by atomic mass is 10.0. The van der Waals surface area contributed by atoms with Crippen LogP contribution < -0.4 is 15.4 Å². The van der Waals surface area contributed by atoms with E-state index in [4.69, 9.17) is 4.74 Å². The van der Waals surface area contributed by atoms with E-state index in [1.807, 2.05) is 45.0 Å². The highest BCUT2D eigenvalue weighted by molar-refractivity contribution is 5.80. The van der Waals surface area contributed by atoms with E-state index in [9.17, 15) is 4.79 Å². The zero-order valence-electron chi connectivity index (χ0n) is 11.8. The van der Waals surface area contributed by atoms with Gasteiger partial charge in [0.2, 0.25) is 5.91 Å². The standard InChI is InChI=1S/C15H22N2O2/c1-10(2)19-14-7-5-4-6-13(14)11(3)17-15(18)12-8-16-9-12/h4-7,10-12,16H,8-9H2,1-3H3,(H,17,18). The molecule has 1 fully saturated rings. The van der Waals surface area contributed by atoms with Crippen LogP contribution in [0.2, 0.25) is 0 Å². The van der Waals surface area contributed by atoms with Crippen molar-refractivity contribution < 1.29 is 9.53 Å². The van der Waals surface area contributed by atoms with Crippen LogP contribution in [-0.4, -0.2) is 25.1 Å². The monoisotopic (exact) mass is 262 g/mol. The molecule has 4 heteroatoms. The van der Waals surface area contributed by atoms with E-state index in [2.05, 4.69) is 10.6 Å². The minimum atomic E-state index is -0.0388. The molecule has 19 heavy (non-hydrogen) atoms. The first-order valence-electron chi connectivity index (χ1n) is 6.84. The lowest BCUT2D eigenvalue weighted by molar-refractivity contribution is -0.127. The van der Waals surface area contributed by atoms with Gasteiger partial charge in [-0.25, -0.2) is 0 Å². The largest absolute Gasteiger partial charge is 0.491 e. The molecule has 1 atom stereocenters. The zero-order chi connectivity index (χ0) is 13.8. The predicted octanol–water partition coefficient (Wildman–Crippen LogP) is 1.87. The molecule has 0 bridgehead atoms. The molecule has 1 amide bonds. The Kier molecular flexibility index (Phi) is 4.43. The van der Waals surface area contributed by atoms with E-state index in [1.54, 1.807) is 0 Å². The number of hydrogen-bond donors (Lipinski definition) is 2. The second kappa shape index (κ2) is 6.06. The molecule has 1 saturated heterocycles. The number of para-hydroxylation sites is 1. The average molecular weight is 262 g/mol. The molecular formula is C15H22N2O2. The van der Waals surface area contributed by atoms with E-state index in [1.165, 1.54) is 0 Å². The summed E-state index contributed by atoms with van der Waals surface area (Å²) in [5.41, 5.74) is 1.02. The van der Waals surface area contributed by atoms with Crippen LogP contribution in [0.4, 0.5) is 0 Å². The number of amides is 1. The number of hydrogen-bond acceptors (Lipinski definition) is 3. The van der Waals surface area contributed by atoms with Crippen molar-refractivity contribution in [1.29, 1.82) is 0 Å². The molecule has 0 aliphatic carbocycles. The smallest absolute Gasteiger partial charge is 0.226 e. The van der Waals surface area contributed by atoms with Gasteiger partial charge in [0.1, 0.15) is 5.75 Å². The minimum Gasteiger partial charge on any atom is -0.491 e. The molecule has 2 rings (SSSR count). The summed E-state index contributed by atoms with van der Waals surface area (Å²) in [7, 11) is 0. The van der Waals surface area contributed by atoms with Gasteiger partial charge in [-0.3, -0.25) is 4.79 Å². The van der Waals surface area contributed by atoms with Gasteiger partial charge in [-0.15, -0.1) is 0 Å². The lowest BCUT2D eigenvalue weighted by Gasteiger charge is -2.28. The fraction of sp³-hybridized carbons (Fsp3) is 0.533. The fourth-order valence-electron chi connectivity index (χ4n) is 2.08. The van der Waals surface area contributed by atoms with Gasteiger partial charge in [0.25, 0.3) is 0 Å². The Balaban J connectivity index is 2.04. The molecule has 0 radical (unpaired) electrons. The van der Waals surface area contributed by atoms with Gasteiger partial charge in [-0.2, -0.15) is 0 Å². The Morgan fingerprint density at radius 3 is 2.58 bits per heavy atom. The summed E-state index contributed by atoms with van der Waals surface area (Å²) in [5.74, 6) is 1.07. The maximum atomic E-state index is 12.0. The second-order valence-electron chi connectivity index (χ2n) is 5.29. The summed E-state index contributed by atoms with van der Waals surface area (Å²) >= 11 is 0. The molecule has 1 aliphatic rings. The summed E-state index contributed by atoms with van der Waals surface area (Å²) in [6.07, 6.45) is 0.125. The van der Waals surface area contributed by atoms with Crippen LogP contribution in [-0.2, 0) is 4.79 Å². The Hall–Kier alpha value is -1.55. The van der Waals surface area contributed by atoms with Crippen LogP contribution in [0.3, 0.4) is 0 Å². The molecule has 0 aromatic heterocycles. The molecule has 1 heterocycles. The normalized spacial score (nSPS) is 16.8. The first-order valence-corrected chi connectivity index (χ1v) is 6.84. The zero-order valence-corrected chi connectivity index (χ0v) is 11.8. The third-order valence-electron chi connectivity index (χ3n) is 3.26. The second-order valence-corrected chi connectivity index (χ2v) is 5.29. The Bertz CT molecular complexity index is 442. The molecule has 0 saturated carbocycles. The van der Waals surface area contributed by atoms with E-state index >= 15 is 0 Å². The molecule has 4 nitrogen and oxygen atoms in total. The van der Waals surface area contributed by atoms with Gasteiger partial charge < -0.3 is 15.4 Å². The Labute approximate surface area is 114 Å². The van der Waals surface area contributed by atoms with Crippen molar-refractivity contribution >= 4 is 5.91 Å². The molecule has 1 aliphatic heterocycles.